The molecule has 2 heterocycles. The first-order valence-electron chi connectivity index (χ1n) is 5.52. The van der Waals surface area contributed by atoms with E-state index in [9.17, 15) is 9.59 Å². The standard InChI is InChI=1S/C11H12Br2N2O2S/c12-7-4-8(18-9(7)13)11(17)15-3-1-2-6(5-15)10(14)16/h4,6H,1-3,5H2,(H2,14,16). The molecule has 1 atom stereocenters. The van der Waals surface area contributed by atoms with E-state index in [0.29, 0.717) is 18.0 Å². The number of carbonyl (C=O) groups excluding carboxylic acids is 2. The molecule has 1 aromatic heterocycles. The molecule has 0 aliphatic carbocycles. The van der Waals surface area contributed by atoms with Crippen LogP contribution in [0.15, 0.2) is 14.3 Å². The third kappa shape index (κ3) is 2.95. The molecule has 2 amide bonds. The van der Waals surface area contributed by atoms with Crippen molar-refractivity contribution < 1.29 is 9.59 Å². The van der Waals surface area contributed by atoms with Crippen molar-refractivity contribution in [2.45, 2.75) is 12.8 Å². The van der Waals surface area contributed by atoms with Gasteiger partial charge in [0.1, 0.15) is 0 Å². The van der Waals surface area contributed by atoms with E-state index in [-0.39, 0.29) is 17.7 Å². The fourth-order valence-corrected chi connectivity index (χ4v) is 4.01. The molecular weight excluding hydrogens is 384 g/mol. The molecule has 18 heavy (non-hydrogen) atoms. The molecule has 0 radical (unpaired) electrons. The Labute approximate surface area is 126 Å². The Morgan fingerprint density at radius 3 is 2.72 bits per heavy atom. The van der Waals surface area contributed by atoms with Crippen LogP contribution in [0.5, 0.6) is 0 Å². The molecule has 0 saturated carbocycles. The van der Waals surface area contributed by atoms with Gasteiger partial charge in [-0.2, -0.15) is 0 Å². The van der Waals surface area contributed by atoms with Crippen molar-refractivity contribution in [1.82, 2.24) is 4.90 Å². The summed E-state index contributed by atoms with van der Waals surface area (Å²) in [5, 5.41) is 0. The Balaban J connectivity index is 2.11. The molecule has 1 fully saturated rings. The highest BCUT2D eigenvalue weighted by atomic mass is 79.9. The quantitative estimate of drug-likeness (QED) is 0.836. The minimum absolute atomic E-state index is 0.0302. The number of hydrogen-bond donors (Lipinski definition) is 1. The summed E-state index contributed by atoms with van der Waals surface area (Å²) in [7, 11) is 0. The predicted octanol–water partition coefficient (Wildman–Crippen LogP) is 2.61. The second-order valence-electron chi connectivity index (χ2n) is 4.22. The van der Waals surface area contributed by atoms with Crippen LogP contribution >= 0.6 is 43.2 Å². The molecule has 0 aromatic carbocycles. The van der Waals surface area contributed by atoms with Gasteiger partial charge in [0.05, 0.1) is 14.6 Å². The van der Waals surface area contributed by atoms with E-state index in [0.717, 1.165) is 21.1 Å². The lowest BCUT2D eigenvalue weighted by molar-refractivity contribution is -0.123. The average Bonchev–Trinajstić information content (AvgIpc) is 2.69. The number of halogens is 2. The maximum atomic E-state index is 12.3. The van der Waals surface area contributed by atoms with Crippen LogP contribution in [0.3, 0.4) is 0 Å². The first-order valence-corrected chi connectivity index (χ1v) is 7.92. The molecule has 0 spiro atoms. The number of hydrogen-bond acceptors (Lipinski definition) is 3. The second-order valence-corrected chi connectivity index (χ2v) is 7.45. The zero-order valence-corrected chi connectivity index (χ0v) is 13.5. The molecule has 7 heteroatoms. The summed E-state index contributed by atoms with van der Waals surface area (Å²) in [5.41, 5.74) is 5.31. The fourth-order valence-electron chi connectivity index (χ4n) is 2.00. The van der Waals surface area contributed by atoms with Crippen LogP contribution in [0.2, 0.25) is 0 Å². The zero-order valence-electron chi connectivity index (χ0n) is 9.49. The van der Waals surface area contributed by atoms with Gasteiger partial charge in [-0.1, -0.05) is 0 Å². The maximum absolute atomic E-state index is 12.3. The van der Waals surface area contributed by atoms with Gasteiger partial charge in [-0.25, -0.2) is 0 Å². The van der Waals surface area contributed by atoms with Gasteiger partial charge in [0.25, 0.3) is 5.91 Å². The van der Waals surface area contributed by atoms with Crippen LogP contribution in [0.4, 0.5) is 0 Å². The van der Waals surface area contributed by atoms with Crippen LogP contribution in [-0.2, 0) is 4.79 Å². The van der Waals surface area contributed by atoms with Crippen molar-refractivity contribution in [3.05, 3.63) is 19.2 Å². The van der Waals surface area contributed by atoms with Crippen LogP contribution in [-0.4, -0.2) is 29.8 Å². The molecule has 1 saturated heterocycles. The number of primary amides is 1. The van der Waals surface area contributed by atoms with Crippen molar-refractivity contribution >= 4 is 55.0 Å². The zero-order chi connectivity index (χ0) is 13.3. The highest BCUT2D eigenvalue weighted by molar-refractivity contribution is 9.13. The molecule has 98 valence electrons. The molecule has 2 rings (SSSR count). The van der Waals surface area contributed by atoms with Gasteiger partial charge >= 0.3 is 0 Å². The first kappa shape index (κ1) is 14.0. The van der Waals surface area contributed by atoms with Crippen molar-refractivity contribution in [3.63, 3.8) is 0 Å². The number of carbonyl (C=O) groups is 2. The Morgan fingerprint density at radius 2 is 2.17 bits per heavy atom. The minimum Gasteiger partial charge on any atom is -0.369 e. The first-order chi connectivity index (χ1) is 8.49. The lowest BCUT2D eigenvalue weighted by Gasteiger charge is -2.30. The van der Waals surface area contributed by atoms with Crippen LogP contribution in [0, 0.1) is 5.92 Å². The molecule has 1 aliphatic heterocycles. The van der Waals surface area contributed by atoms with Crippen LogP contribution in [0.1, 0.15) is 22.5 Å². The summed E-state index contributed by atoms with van der Waals surface area (Å²) in [6.45, 7) is 1.12. The maximum Gasteiger partial charge on any atom is 0.264 e. The van der Waals surface area contributed by atoms with Crippen molar-refractivity contribution in [2.24, 2.45) is 11.7 Å². The lowest BCUT2D eigenvalue weighted by atomic mass is 9.97. The van der Waals surface area contributed by atoms with E-state index >= 15 is 0 Å². The van der Waals surface area contributed by atoms with E-state index in [2.05, 4.69) is 31.9 Å². The number of nitrogens with zero attached hydrogens (tertiary/aromatic N) is 1. The monoisotopic (exact) mass is 394 g/mol. The summed E-state index contributed by atoms with van der Waals surface area (Å²) >= 11 is 8.12. The Bertz CT molecular complexity index is 470. The fraction of sp³-hybridized carbons (Fsp3) is 0.455. The van der Waals surface area contributed by atoms with Gasteiger partial charge in [0.2, 0.25) is 5.91 Å². The van der Waals surface area contributed by atoms with Crippen molar-refractivity contribution in [1.29, 1.82) is 0 Å². The van der Waals surface area contributed by atoms with Gasteiger partial charge in [0.15, 0.2) is 0 Å². The third-order valence-electron chi connectivity index (χ3n) is 2.97. The van der Waals surface area contributed by atoms with Gasteiger partial charge < -0.3 is 10.6 Å². The Kier molecular flexibility index (Phi) is 4.45. The number of piperidine rings is 1. The van der Waals surface area contributed by atoms with Gasteiger partial charge in [-0.15, -0.1) is 11.3 Å². The van der Waals surface area contributed by atoms with Crippen LogP contribution in [0.25, 0.3) is 0 Å². The van der Waals surface area contributed by atoms with E-state index in [4.69, 9.17) is 5.73 Å². The summed E-state index contributed by atoms with van der Waals surface area (Å²) in [6, 6.07) is 1.80. The molecule has 0 bridgehead atoms. The number of rotatable bonds is 2. The Hall–Kier alpha value is -0.400. The summed E-state index contributed by atoms with van der Waals surface area (Å²) < 4.78 is 1.77. The molecule has 2 N–H and O–H groups in total. The number of likely N-dealkylation sites (tertiary alicyclic amines) is 1. The van der Waals surface area contributed by atoms with Gasteiger partial charge in [-0.3, -0.25) is 9.59 Å². The topological polar surface area (TPSA) is 63.4 Å². The highest BCUT2D eigenvalue weighted by Crippen LogP contribution is 2.33. The normalized spacial score (nSPS) is 19.9. The Morgan fingerprint density at radius 1 is 1.44 bits per heavy atom. The summed E-state index contributed by atoms with van der Waals surface area (Å²) in [5.74, 6) is -0.562. The van der Waals surface area contributed by atoms with Crippen LogP contribution < -0.4 is 5.73 Å². The number of amides is 2. The molecule has 4 nitrogen and oxygen atoms in total. The number of thiophene rings is 1. The lowest BCUT2D eigenvalue weighted by Crippen LogP contribution is -2.43. The van der Waals surface area contributed by atoms with Gasteiger partial charge in [0, 0.05) is 17.6 Å². The minimum atomic E-state index is -0.318. The third-order valence-corrected chi connectivity index (χ3v) is 6.21. The van der Waals surface area contributed by atoms with E-state index in [1.165, 1.54) is 11.3 Å². The molecule has 1 unspecified atom stereocenters. The average molecular weight is 396 g/mol. The molecular formula is C11H12Br2N2O2S. The molecule has 1 aromatic rings. The summed E-state index contributed by atoms with van der Waals surface area (Å²) in [4.78, 5) is 25.8. The predicted molar refractivity (Wildman–Crippen MR) is 77.5 cm³/mol. The van der Waals surface area contributed by atoms with E-state index in [1.54, 1.807) is 11.0 Å². The summed E-state index contributed by atoms with van der Waals surface area (Å²) in [6.07, 6.45) is 1.60. The van der Waals surface area contributed by atoms with Crippen molar-refractivity contribution in [3.8, 4) is 0 Å². The van der Waals surface area contributed by atoms with Crippen molar-refractivity contribution in [2.75, 3.05) is 13.1 Å². The van der Waals surface area contributed by atoms with Gasteiger partial charge in [-0.05, 0) is 50.8 Å². The SMILES string of the molecule is NC(=O)C1CCCN(C(=O)c2cc(Br)c(Br)s2)C1. The highest BCUT2D eigenvalue weighted by Gasteiger charge is 2.28. The second kappa shape index (κ2) is 5.71. The van der Waals surface area contributed by atoms with E-state index in [1.807, 2.05) is 0 Å². The van der Waals surface area contributed by atoms with E-state index < -0.39 is 0 Å². The smallest absolute Gasteiger partial charge is 0.264 e. The largest absolute Gasteiger partial charge is 0.369 e. The number of nitrogens with two attached hydrogens (primary N) is 1. The molecule has 1 aliphatic rings.